The molecule has 0 radical (unpaired) electrons. The van der Waals surface area contributed by atoms with Crippen LogP contribution in [0.3, 0.4) is 0 Å². The summed E-state index contributed by atoms with van der Waals surface area (Å²) in [4.78, 5) is 7.25. The van der Waals surface area contributed by atoms with Crippen molar-refractivity contribution in [1.82, 2.24) is 10.3 Å². The van der Waals surface area contributed by atoms with Crippen LogP contribution in [-0.4, -0.2) is 24.1 Å². The maximum absolute atomic E-state index is 4.77. The van der Waals surface area contributed by atoms with E-state index in [0.29, 0.717) is 0 Å². The van der Waals surface area contributed by atoms with E-state index >= 15 is 0 Å². The number of hydrogen-bond acceptors (Lipinski definition) is 4. The highest BCUT2D eigenvalue weighted by Gasteiger charge is 2.24. The lowest BCUT2D eigenvalue weighted by molar-refractivity contribution is 0.529. The molecule has 1 aliphatic carbocycles. The molecule has 2 fully saturated rings. The van der Waals surface area contributed by atoms with Crippen LogP contribution in [0.2, 0.25) is 0 Å². The Hall–Kier alpha value is -0.610. The lowest BCUT2D eigenvalue weighted by Crippen LogP contribution is -2.20. The molecule has 4 heteroatoms. The molecule has 0 amide bonds. The van der Waals surface area contributed by atoms with Gasteiger partial charge in [0.1, 0.15) is 0 Å². The summed E-state index contributed by atoms with van der Waals surface area (Å²) >= 11 is 1.81. The van der Waals surface area contributed by atoms with Gasteiger partial charge in [-0.2, -0.15) is 0 Å². The van der Waals surface area contributed by atoms with Gasteiger partial charge >= 0.3 is 0 Å². The van der Waals surface area contributed by atoms with Crippen molar-refractivity contribution in [3.63, 3.8) is 0 Å². The molecule has 18 heavy (non-hydrogen) atoms. The van der Waals surface area contributed by atoms with E-state index in [0.717, 1.165) is 18.5 Å². The van der Waals surface area contributed by atoms with Crippen LogP contribution in [-0.2, 0) is 6.54 Å². The van der Waals surface area contributed by atoms with Gasteiger partial charge in [0.25, 0.3) is 0 Å². The number of anilines is 1. The topological polar surface area (TPSA) is 28.2 Å². The lowest BCUT2D eigenvalue weighted by atomic mass is 10.0. The fraction of sp³-hybridized carbons (Fsp3) is 0.786. The second-order valence-electron chi connectivity index (χ2n) is 5.67. The quantitative estimate of drug-likeness (QED) is 0.857. The number of hydrogen-bond donors (Lipinski definition) is 1. The average Bonchev–Trinajstić information content (AvgIpc) is 2.90. The van der Waals surface area contributed by atoms with Crippen LogP contribution in [0.15, 0.2) is 5.38 Å². The van der Waals surface area contributed by atoms with Gasteiger partial charge in [-0.05, 0) is 31.6 Å². The van der Waals surface area contributed by atoms with Crippen molar-refractivity contribution in [2.45, 2.75) is 51.6 Å². The van der Waals surface area contributed by atoms with Crippen LogP contribution in [0.25, 0.3) is 0 Å². The minimum atomic E-state index is 0.774. The molecule has 3 rings (SSSR count). The summed E-state index contributed by atoms with van der Waals surface area (Å²) in [6, 6.07) is 0.774. The van der Waals surface area contributed by atoms with E-state index in [9.17, 15) is 0 Å². The first-order valence-electron chi connectivity index (χ1n) is 7.28. The zero-order valence-corrected chi connectivity index (χ0v) is 12.0. The molecular formula is C14H23N3S. The van der Waals surface area contributed by atoms with E-state index in [4.69, 9.17) is 4.98 Å². The highest BCUT2D eigenvalue weighted by Crippen LogP contribution is 2.29. The summed E-state index contributed by atoms with van der Waals surface area (Å²) < 4.78 is 0. The molecule has 1 atom stereocenters. The SMILES string of the molecule is CCCC1CCN(c2nc(CNC3CC3)cs2)C1. The monoisotopic (exact) mass is 265 g/mol. The predicted octanol–water partition coefficient (Wildman–Crippen LogP) is 3.02. The Balaban J connectivity index is 1.52. The van der Waals surface area contributed by atoms with Crippen LogP contribution >= 0.6 is 11.3 Å². The molecule has 2 aliphatic rings. The second-order valence-corrected chi connectivity index (χ2v) is 6.50. The first kappa shape index (κ1) is 12.4. The molecule has 1 aromatic heterocycles. The summed E-state index contributed by atoms with van der Waals surface area (Å²) in [7, 11) is 0. The summed E-state index contributed by atoms with van der Waals surface area (Å²) in [6.07, 6.45) is 6.73. The van der Waals surface area contributed by atoms with E-state index in [2.05, 4.69) is 22.5 Å². The molecule has 0 spiro atoms. The smallest absolute Gasteiger partial charge is 0.185 e. The maximum atomic E-state index is 4.77. The van der Waals surface area contributed by atoms with Crippen molar-refractivity contribution in [1.29, 1.82) is 0 Å². The second kappa shape index (κ2) is 5.57. The van der Waals surface area contributed by atoms with Gasteiger partial charge in [0.15, 0.2) is 5.13 Å². The van der Waals surface area contributed by atoms with Gasteiger partial charge < -0.3 is 10.2 Å². The Kier molecular flexibility index (Phi) is 3.85. The first-order chi connectivity index (χ1) is 8.85. The zero-order chi connectivity index (χ0) is 12.4. The van der Waals surface area contributed by atoms with Gasteiger partial charge in [-0.1, -0.05) is 13.3 Å². The summed E-state index contributed by atoms with van der Waals surface area (Å²) in [5.74, 6) is 0.895. The van der Waals surface area contributed by atoms with Crippen LogP contribution < -0.4 is 10.2 Å². The van der Waals surface area contributed by atoms with Crippen LogP contribution in [0.4, 0.5) is 5.13 Å². The van der Waals surface area contributed by atoms with E-state index < -0.39 is 0 Å². The fourth-order valence-electron chi connectivity index (χ4n) is 2.71. The van der Waals surface area contributed by atoms with E-state index in [1.165, 1.54) is 56.0 Å². The van der Waals surface area contributed by atoms with Crippen LogP contribution in [0.5, 0.6) is 0 Å². The van der Waals surface area contributed by atoms with Gasteiger partial charge in [0, 0.05) is 31.1 Å². The molecule has 0 bridgehead atoms. The number of nitrogens with zero attached hydrogens (tertiary/aromatic N) is 2. The number of rotatable bonds is 6. The van der Waals surface area contributed by atoms with Gasteiger partial charge in [-0.3, -0.25) is 0 Å². The highest BCUT2D eigenvalue weighted by atomic mass is 32.1. The molecule has 1 unspecified atom stereocenters. The maximum Gasteiger partial charge on any atom is 0.185 e. The third-order valence-electron chi connectivity index (χ3n) is 3.94. The summed E-state index contributed by atoms with van der Waals surface area (Å²) in [5, 5.41) is 6.99. The Bertz CT molecular complexity index is 386. The molecule has 0 aromatic carbocycles. The molecule has 1 saturated carbocycles. The molecule has 100 valence electrons. The van der Waals surface area contributed by atoms with Gasteiger partial charge in [-0.25, -0.2) is 4.98 Å². The number of thiazole rings is 1. The standard InChI is InChI=1S/C14H23N3S/c1-2-3-11-6-7-17(9-11)14-16-13(10-18-14)8-15-12-4-5-12/h10-12,15H,2-9H2,1H3. The normalized spacial score (nSPS) is 23.8. The zero-order valence-electron chi connectivity index (χ0n) is 11.2. The number of nitrogens with one attached hydrogen (secondary N) is 1. The van der Waals surface area contributed by atoms with Gasteiger partial charge in [-0.15, -0.1) is 11.3 Å². The molecular weight excluding hydrogens is 242 g/mol. The average molecular weight is 265 g/mol. The van der Waals surface area contributed by atoms with Gasteiger partial charge in [0.2, 0.25) is 0 Å². The Morgan fingerprint density at radius 2 is 2.33 bits per heavy atom. The molecule has 1 saturated heterocycles. The van der Waals surface area contributed by atoms with Crippen molar-refractivity contribution in [2.75, 3.05) is 18.0 Å². The van der Waals surface area contributed by atoms with Crippen molar-refractivity contribution >= 4 is 16.5 Å². The first-order valence-corrected chi connectivity index (χ1v) is 8.16. The predicted molar refractivity (Wildman–Crippen MR) is 77.2 cm³/mol. The molecule has 3 nitrogen and oxygen atoms in total. The summed E-state index contributed by atoms with van der Waals surface area (Å²) in [5.41, 5.74) is 1.22. The third kappa shape index (κ3) is 3.04. The molecule has 1 aliphatic heterocycles. The number of aromatic nitrogens is 1. The van der Waals surface area contributed by atoms with Crippen LogP contribution in [0, 0.1) is 5.92 Å². The minimum absolute atomic E-state index is 0.774. The van der Waals surface area contributed by atoms with E-state index in [1.54, 1.807) is 0 Å². The molecule has 1 aromatic rings. The Labute approximate surface area is 114 Å². The fourth-order valence-corrected chi connectivity index (χ4v) is 3.57. The van der Waals surface area contributed by atoms with Crippen molar-refractivity contribution in [2.24, 2.45) is 5.92 Å². The van der Waals surface area contributed by atoms with E-state index in [-0.39, 0.29) is 0 Å². The third-order valence-corrected chi connectivity index (χ3v) is 4.89. The van der Waals surface area contributed by atoms with Crippen LogP contribution in [0.1, 0.15) is 44.7 Å². The summed E-state index contributed by atoms with van der Waals surface area (Å²) in [6.45, 7) is 5.66. The lowest BCUT2D eigenvalue weighted by Gasteiger charge is -2.14. The largest absolute Gasteiger partial charge is 0.348 e. The minimum Gasteiger partial charge on any atom is -0.348 e. The molecule has 1 N–H and O–H groups in total. The van der Waals surface area contributed by atoms with Crippen molar-refractivity contribution in [3.8, 4) is 0 Å². The van der Waals surface area contributed by atoms with Gasteiger partial charge in [0.05, 0.1) is 5.69 Å². The Morgan fingerprint density at radius 3 is 3.11 bits per heavy atom. The Morgan fingerprint density at radius 1 is 1.44 bits per heavy atom. The van der Waals surface area contributed by atoms with Crippen molar-refractivity contribution in [3.05, 3.63) is 11.1 Å². The van der Waals surface area contributed by atoms with E-state index in [1.807, 2.05) is 11.3 Å². The molecule has 2 heterocycles. The highest BCUT2D eigenvalue weighted by molar-refractivity contribution is 7.13. The van der Waals surface area contributed by atoms with Crippen molar-refractivity contribution < 1.29 is 0 Å².